The Kier molecular flexibility index (Phi) is 3.94. The molecule has 0 unspecified atom stereocenters. The number of hydrogen-bond acceptors (Lipinski definition) is 3. The van der Waals surface area contributed by atoms with Gasteiger partial charge in [0.05, 0.1) is 11.8 Å². The molecule has 1 aromatic heterocycles. The Morgan fingerprint density at radius 2 is 1.81 bits per heavy atom. The van der Waals surface area contributed by atoms with Crippen molar-refractivity contribution in [3.05, 3.63) is 71.2 Å². The summed E-state index contributed by atoms with van der Waals surface area (Å²) in [7, 11) is 0. The van der Waals surface area contributed by atoms with E-state index in [9.17, 15) is 13.2 Å². The van der Waals surface area contributed by atoms with Gasteiger partial charge >= 0.3 is 0 Å². The zero-order chi connectivity index (χ0) is 19.3. The van der Waals surface area contributed by atoms with Gasteiger partial charge < -0.3 is 4.74 Å². The van der Waals surface area contributed by atoms with Crippen molar-refractivity contribution in [2.75, 3.05) is 0 Å². The fourth-order valence-electron chi connectivity index (χ4n) is 3.07. The molecule has 1 atom stereocenters. The van der Waals surface area contributed by atoms with E-state index in [0.29, 0.717) is 22.2 Å². The van der Waals surface area contributed by atoms with E-state index in [2.05, 4.69) is 4.98 Å². The first-order valence-corrected chi connectivity index (χ1v) is 8.58. The van der Waals surface area contributed by atoms with Gasteiger partial charge in [-0.05, 0) is 45.0 Å². The van der Waals surface area contributed by atoms with Crippen LogP contribution in [0.15, 0.2) is 47.6 Å². The topological polar surface area (TPSA) is 34.5 Å². The van der Waals surface area contributed by atoms with Crippen LogP contribution in [0.4, 0.5) is 13.2 Å². The molecule has 0 aliphatic carbocycles. The fraction of sp³-hybridized carbons (Fsp3) is 0.238. The van der Waals surface area contributed by atoms with Gasteiger partial charge in [-0.1, -0.05) is 12.1 Å². The van der Waals surface area contributed by atoms with E-state index in [4.69, 9.17) is 9.73 Å². The second-order valence-corrected chi connectivity index (χ2v) is 7.13. The highest BCUT2D eigenvalue weighted by Crippen LogP contribution is 2.36. The van der Waals surface area contributed by atoms with Crippen LogP contribution in [0.1, 0.15) is 31.9 Å². The first kappa shape index (κ1) is 17.5. The van der Waals surface area contributed by atoms with Crippen molar-refractivity contribution in [3.8, 4) is 5.75 Å². The molecule has 3 nitrogen and oxygen atoms in total. The van der Waals surface area contributed by atoms with Crippen LogP contribution in [0, 0.1) is 17.5 Å². The average molecular weight is 370 g/mol. The lowest BCUT2D eigenvalue weighted by Crippen LogP contribution is -2.38. The molecule has 0 radical (unpaired) electrons. The number of aromatic nitrogens is 1. The molecular weight excluding hydrogens is 353 g/mol. The van der Waals surface area contributed by atoms with Crippen LogP contribution in [-0.4, -0.2) is 22.3 Å². The number of benzene rings is 2. The van der Waals surface area contributed by atoms with Gasteiger partial charge in [0.15, 0.2) is 11.6 Å². The fourth-order valence-corrected chi connectivity index (χ4v) is 3.07. The first-order valence-electron chi connectivity index (χ1n) is 8.58. The van der Waals surface area contributed by atoms with E-state index in [1.165, 1.54) is 18.3 Å². The molecule has 6 heteroatoms. The normalized spacial score (nSPS) is 18.4. The van der Waals surface area contributed by atoms with E-state index in [1.807, 2.05) is 6.92 Å². The van der Waals surface area contributed by atoms with Crippen molar-refractivity contribution in [1.29, 1.82) is 0 Å². The maximum Gasteiger partial charge on any atom is 0.201 e. The monoisotopic (exact) mass is 370 g/mol. The summed E-state index contributed by atoms with van der Waals surface area (Å²) in [4.78, 5) is 8.91. The molecule has 4 rings (SSSR count). The van der Waals surface area contributed by atoms with Crippen LogP contribution in [0.5, 0.6) is 5.75 Å². The molecular formula is C21H17F3N2O. The molecule has 0 spiro atoms. The maximum absolute atomic E-state index is 14.5. The first-order chi connectivity index (χ1) is 12.8. The Morgan fingerprint density at radius 1 is 1.04 bits per heavy atom. The van der Waals surface area contributed by atoms with E-state index in [1.54, 1.807) is 32.0 Å². The maximum atomic E-state index is 14.5. The molecule has 138 valence electrons. The number of nitrogens with zero attached hydrogens (tertiary/aromatic N) is 2. The lowest BCUT2D eigenvalue weighted by Gasteiger charge is -2.29. The van der Waals surface area contributed by atoms with E-state index < -0.39 is 23.1 Å². The zero-order valence-electron chi connectivity index (χ0n) is 15.1. The lowest BCUT2D eigenvalue weighted by molar-refractivity contribution is 0.0831. The number of para-hydroxylation sites is 1. The molecule has 0 saturated carbocycles. The number of rotatable bonds is 1. The Labute approximate surface area is 154 Å². The van der Waals surface area contributed by atoms with Crippen molar-refractivity contribution in [3.63, 3.8) is 0 Å². The second-order valence-electron chi connectivity index (χ2n) is 7.13. The highest BCUT2D eigenvalue weighted by molar-refractivity contribution is 6.15. The molecule has 2 aromatic carbocycles. The highest BCUT2D eigenvalue weighted by atomic mass is 19.2. The van der Waals surface area contributed by atoms with E-state index in [0.717, 1.165) is 6.07 Å². The summed E-state index contributed by atoms with van der Waals surface area (Å²) in [6.07, 6.45) is 1.49. The minimum Gasteiger partial charge on any atom is -0.482 e. The molecule has 0 bridgehead atoms. The third kappa shape index (κ3) is 2.85. The number of hydrogen-bond donors (Lipinski definition) is 0. The Bertz CT molecular complexity index is 1090. The minimum absolute atomic E-state index is 0.178. The highest BCUT2D eigenvalue weighted by Gasteiger charge is 2.35. The molecule has 0 saturated heterocycles. The zero-order valence-corrected chi connectivity index (χ0v) is 15.1. The summed E-state index contributed by atoms with van der Waals surface area (Å²) >= 11 is 0. The summed E-state index contributed by atoms with van der Waals surface area (Å²) in [5.41, 5.74) is 0.741. The van der Waals surface area contributed by atoms with Gasteiger partial charge in [-0.2, -0.15) is 4.39 Å². The molecule has 27 heavy (non-hydrogen) atoms. The summed E-state index contributed by atoms with van der Waals surface area (Å²) in [5.74, 6) is -2.64. The average Bonchev–Trinajstić information content (AvgIpc) is 2.73. The summed E-state index contributed by atoms with van der Waals surface area (Å²) < 4.78 is 48.1. The van der Waals surface area contributed by atoms with Gasteiger partial charge in [0.2, 0.25) is 5.82 Å². The van der Waals surface area contributed by atoms with Gasteiger partial charge in [0, 0.05) is 22.7 Å². The number of halogens is 3. The predicted octanol–water partition coefficient (Wildman–Crippen LogP) is 5.05. The van der Waals surface area contributed by atoms with E-state index in [-0.39, 0.29) is 17.3 Å². The second kappa shape index (κ2) is 6.08. The summed E-state index contributed by atoms with van der Waals surface area (Å²) in [6.45, 7) is 5.38. The van der Waals surface area contributed by atoms with Crippen LogP contribution >= 0.6 is 0 Å². The van der Waals surface area contributed by atoms with Gasteiger partial charge in [-0.15, -0.1) is 0 Å². The molecule has 0 amide bonds. The molecule has 0 fully saturated rings. The smallest absolute Gasteiger partial charge is 0.201 e. The van der Waals surface area contributed by atoms with Gasteiger partial charge in [0.25, 0.3) is 0 Å². The predicted molar refractivity (Wildman–Crippen MR) is 97.9 cm³/mol. The van der Waals surface area contributed by atoms with Crippen LogP contribution in [-0.2, 0) is 0 Å². The number of pyridine rings is 1. The molecule has 2 heterocycles. The summed E-state index contributed by atoms with van der Waals surface area (Å²) in [5, 5.41) is 0.594. The van der Waals surface area contributed by atoms with Gasteiger partial charge in [0.1, 0.15) is 16.9 Å². The molecule has 0 N–H and O–H groups in total. The van der Waals surface area contributed by atoms with Crippen LogP contribution in [0.25, 0.3) is 10.9 Å². The van der Waals surface area contributed by atoms with E-state index >= 15 is 0 Å². The lowest BCUT2D eigenvalue weighted by atomic mass is 10.00. The number of fused-ring (bicyclic) bond motifs is 2. The standard InChI is InChI=1S/C21H17F3N2O/c1-11-21(2,3)27-20-14(7-8-15(22)17(20)24)18(26-11)13-9-12-5-4-6-16(23)19(12)25-10-13/h4-11H,1-3H3/t11-/m0/s1. The van der Waals surface area contributed by atoms with Crippen molar-refractivity contribution in [2.45, 2.75) is 32.4 Å². The van der Waals surface area contributed by atoms with Crippen molar-refractivity contribution in [1.82, 2.24) is 4.98 Å². The quantitative estimate of drug-likeness (QED) is 0.601. The van der Waals surface area contributed by atoms with Crippen molar-refractivity contribution < 1.29 is 17.9 Å². The SMILES string of the molecule is C[C@@H]1N=C(c2cnc3c(F)cccc3c2)c2ccc(F)c(F)c2OC1(C)C. The molecule has 3 aromatic rings. The van der Waals surface area contributed by atoms with Gasteiger partial charge in [-0.3, -0.25) is 9.98 Å². The van der Waals surface area contributed by atoms with Crippen LogP contribution < -0.4 is 4.74 Å². The van der Waals surface area contributed by atoms with Crippen LogP contribution in [0.2, 0.25) is 0 Å². The summed E-state index contributed by atoms with van der Waals surface area (Å²) in [6, 6.07) is 8.55. The largest absolute Gasteiger partial charge is 0.482 e. The minimum atomic E-state index is -1.05. The Balaban J connectivity index is 1.98. The van der Waals surface area contributed by atoms with Crippen molar-refractivity contribution in [2.24, 2.45) is 4.99 Å². The Morgan fingerprint density at radius 3 is 2.59 bits per heavy atom. The number of ether oxygens (including phenoxy) is 1. The van der Waals surface area contributed by atoms with Crippen molar-refractivity contribution >= 4 is 16.6 Å². The Hall–Kier alpha value is -2.89. The van der Waals surface area contributed by atoms with Crippen LogP contribution in [0.3, 0.4) is 0 Å². The third-order valence-electron chi connectivity index (χ3n) is 4.93. The molecule has 1 aliphatic heterocycles. The van der Waals surface area contributed by atoms with Gasteiger partial charge in [-0.25, -0.2) is 8.78 Å². The number of aliphatic imine (C=N–C) groups is 1. The third-order valence-corrected chi connectivity index (χ3v) is 4.93. The molecule has 1 aliphatic rings.